The monoisotopic (exact) mass is 613 g/mol. The van der Waals surface area contributed by atoms with Crippen molar-refractivity contribution in [1.29, 1.82) is 0 Å². The maximum atomic E-state index is 14.1. The van der Waals surface area contributed by atoms with E-state index in [-0.39, 0.29) is 18.9 Å². The smallest absolute Gasteiger partial charge is 0.244 e. The van der Waals surface area contributed by atoms with E-state index in [1.165, 1.54) is 4.90 Å². The van der Waals surface area contributed by atoms with E-state index < -0.39 is 34.1 Å². The molecule has 3 rings (SSSR count). The molecule has 0 aliphatic heterocycles. The summed E-state index contributed by atoms with van der Waals surface area (Å²) in [6.45, 7) is 7.31. The number of sulfonamides is 1. The summed E-state index contributed by atoms with van der Waals surface area (Å²) in [5, 5.41) is 3.03. The predicted molar refractivity (Wildman–Crippen MR) is 160 cm³/mol. The van der Waals surface area contributed by atoms with Crippen LogP contribution in [0.25, 0.3) is 0 Å². The Labute approximate surface area is 240 Å². The number of aryl methyl sites for hydroxylation is 1. The number of nitrogens with zero attached hydrogens (tertiary/aromatic N) is 2. The lowest BCUT2D eigenvalue weighted by molar-refractivity contribution is -0.140. The van der Waals surface area contributed by atoms with Crippen LogP contribution < -0.4 is 9.62 Å². The summed E-state index contributed by atoms with van der Waals surface area (Å²) in [6.07, 6.45) is 1.34. The summed E-state index contributed by atoms with van der Waals surface area (Å²) in [6, 6.07) is 23.1. The molecule has 0 unspecified atom stereocenters. The largest absolute Gasteiger partial charge is 0.350 e. The molecule has 1 atom stereocenters. The Morgan fingerprint density at radius 2 is 1.59 bits per heavy atom. The lowest BCUT2D eigenvalue weighted by Crippen LogP contribution is -2.56. The SMILES string of the molecule is Cc1ccccc1CN(C(=O)CN(c1cccc(Br)c1)S(C)(=O)=O)[C@@H](Cc1ccccc1)C(=O)NC(C)(C)C. The maximum Gasteiger partial charge on any atom is 0.244 e. The van der Waals surface area contributed by atoms with Crippen molar-refractivity contribution in [2.45, 2.75) is 52.2 Å². The quantitative estimate of drug-likeness (QED) is 0.345. The van der Waals surface area contributed by atoms with Gasteiger partial charge in [0.1, 0.15) is 12.6 Å². The molecule has 2 amide bonds. The lowest BCUT2D eigenvalue weighted by Gasteiger charge is -2.35. The molecule has 208 valence electrons. The highest BCUT2D eigenvalue weighted by Gasteiger charge is 2.34. The van der Waals surface area contributed by atoms with Crippen molar-refractivity contribution in [3.63, 3.8) is 0 Å². The van der Waals surface area contributed by atoms with Crippen molar-refractivity contribution < 1.29 is 18.0 Å². The summed E-state index contributed by atoms with van der Waals surface area (Å²) < 4.78 is 27.5. The minimum absolute atomic E-state index is 0.149. The fourth-order valence-electron chi connectivity index (χ4n) is 4.22. The third kappa shape index (κ3) is 8.93. The predicted octanol–water partition coefficient (Wildman–Crippen LogP) is 5.08. The number of amides is 2. The summed E-state index contributed by atoms with van der Waals surface area (Å²) in [7, 11) is -3.81. The first-order chi connectivity index (χ1) is 18.2. The van der Waals surface area contributed by atoms with Crippen LogP contribution in [0.3, 0.4) is 0 Å². The van der Waals surface area contributed by atoms with E-state index in [1.54, 1.807) is 24.3 Å². The number of halogens is 1. The Morgan fingerprint density at radius 3 is 2.18 bits per heavy atom. The van der Waals surface area contributed by atoms with Gasteiger partial charge < -0.3 is 10.2 Å². The zero-order chi connectivity index (χ0) is 28.8. The van der Waals surface area contributed by atoms with E-state index in [4.69, 9.17) is 0 Å². The zero-order valence-electron chi connectivity index (χ0n) is 23.0. The summed E-state index contributed by atoms with van der Waals surface area (Å²) >= 11 is 3.38. The molecule has 0 aromatic heterocycles. The Morgan fingerprint density at radius 1 is 0.949 bits per heavy atom. The molecule has 0 aliphatic rings. The van der Waals surface area contributed by atoms with Crippen molar-refractivity contribution in [3.8, 4) is 0 Å². The molecule has 0 saturated carbocycles. The molecule has 0 heterocycles. The number of nitrogens with one attached hydrogen (secondary N) is 1. The number of benzene rings is 3. The second kappa shape index (κ2) is 12.8. The lowest BCUT2D eigenvalue weighted by atomic mass is 10.00. The Balaban J connectivity index is 2.09. The number of rotatable bonds is 10. The van der Waals surface area contributed by atoms with Gasteiger partial charge >= 0.3 is 0 Å². The normalized spacial score (nSPS) is 12.5. The van der Waals surface area contributed by atoms with Crippen LogP contribution in [0.5, 0.6) is 0 Å². The van der Waals surface area contributed by atoms with E-state index in [1.807, 2.05) is 82.3 Å². The van der Waals surface area contributed by atoms with E-state index in [2.05, 4.69) is 21.2 Å². The van der Waals surface area contributed by atoms with E-state index in [0.717, 1.165) is 27.3 Å². The number of carbonyl (C=O) groups is 2. The van der Waals surface area contributed by atoms with Crippen LogP contribution in [0.1, 0.15) is 37.5 Å². The molecule has 3 aromatic carbocycles. The van der Waals surface area contributed by atoms with Crippen LogP contribution in [0, 0.1) is 6.92 Å². The summed E-state index contributed by atoms with van der Waals surface area (Å²) in [5.74, 6) is -0.782. The van der Waals surface area contributed by atoms with Crippen LogP contribution in [-0.2, 0) is 32.6 Å². The van der Waals surface area contributed by atoms with Gasteiger partial charge in [-0.2, -0.15) is 0 Å². The molecule has 0 saturated heterocycles. The van der Waals surface area contributed by atoms with Crippen LogP contribution in [0.15, 0.2) is 83.3 Å². The Hall–Kier alpha value is -3.17. The second-order valence-electron chi connectivity index (χ2n) is 10.6. The van der Waals surface area contributed by atoms with Gasteiger partial charge in [-0.3, -0.25) is 13.9 Å². The van der Waals surface area contributed by atoms with E-state index in [9.17, 15) is 18.0 Å². The van der Waals surface area contributed by atoms with E-state index >= 15 is 0 Å². The molecule has 9 heteroatoms. The topological polar surface area (TPSA) is 86.8 Å². The molecule has 1 N–H and O–H groups in total. The third-order valence-electron chi connectivity index (χ3n) is 6.15. The van der Waals surface area contributed by atoms with Gasteiger partial charge in [-0.15, -0.1) is 0 Å². The van der Waals surface area contributed by atoms with Gasteiger partial charge in [-0.05, 0) is 62.6 Å². The van der Waals surface area contributed by atoms with Crippen molar-refractivity contribution in [3.05, 3.63) is 100 Å². The van der Waals surface area contributed by atoms with Gasteiger partial charge in [0.15, 0.2) is 0 Å². The van der Waals surface area contributed by atoms with Gasteiger partial charge in [0.2, 0.25) is 21.8 Å². The second-order valence-corrected chi connectivity index (χ2v) is 13.5. The van der Waals surface area contributed by atoms with Crippen molar-refractivity contribution >= 4 is 43.5 Å². The van der Waals surface area contributed by atoms with Crippen LogP contribution in [0.2, 0.25) is 0 Å². The summed E-state index contributed by atoms with van der Waals surface area (Å²) in [4.78, 5) is 29.3. The molecule has 7 nitrogen and oxygen atoms in total. The van der Waals surface area contributed by atoms with Gasteiger partial charge in [0, 0.05) is 23.0 Å². The zero-order valence-corrected chi connectivity index (χ0v) is 25.4. The minimum Gasteiger partial charge on any atom is -0.350 e. The Bertz CT molecular complexity index is 1400. The maximum absolute atomic E-state index is 14.1. The highest BCUT2D eigenvalue weighted by Crippen LogP contribution is 2.24. The van der Waals surface area contributed by atoms with E-state index in [0.29, 0.717) is 10.2 Å². The van der Waals surface area contributed by atoms with Gasteiger partial charge in [0.25, 0.3) is 0 Å². The van der Waals surface area contributed by atoms with Crippen LogP contribution >= 0.6 is 15.9 Å². The molecular weight excluding hydrogens is 578 g/mol. The number of hydrogen-bond donors (Lipinski definition) is 1. The first-order valence-electron chi connectivity index (χ1n) is 12.7. The summed E-state index contributed by atoms with van der Waals surface area (Å²) in [5.41, 5.74) is 2.56. The molecule has 0 aliphatic carbocycles. The number of carbonyl (C=O) groups excluding carboxylic acids is 2. The number of hydrogen-bond acceptors (Lipinski definition) is 4. The minimum atomic E-state index is -3.81. The molecule has 39 heavy (non-hydrogen) atoms. The number of anilines is 1. The van der Waals surface area contributed by atoms with Crippen molar-refractivity contribution in [2.24, 2.45) is 0 Å². The Kier molecular flexibility index (Phi) is 9.96. The van der Waals surface area contributed by atoms with Crippen molar-refractivity contribution in [1.82, 2.24) is 10.2 Å². The first kappa shape index (κ1) is 30.4. The average Bonchev–Trinajstić information content (AvgIpc) is 2.84. The molecule has 3 aromatic rings. The fourth-order valence-corrected chi connectivity index (χ4v) is 5.45. The molecule has 0 radical (unpaired) electrons. The average molecular weight is 615 g/mol. The first-order valence-corrected chi connectivity index (χ1v) is 15.3. The fraction of sp³-hybridized carbons (Fsp3) is 0.333. The van der Waals surface area contributed by atoms with Crippen LogP contribution in [-0.4, -0.2) is 49.5 Å². The van der Waals surface area contributed by atoms with Crippen LogP contribution in [0.4, 0.5) is 5.69 Å². The molecule has 0 spiro atoms. The molecule has 0 bridgehead atoms. The van der Waals surface area contributed by atoms with Gasteiger partial charge in [-0.25, -0.2) is 8.42 Å². The highest BCUT2D eigenvalue weighted by molar-refractivity contribution is 9.10. The third-order valence-corrected chi connectivity index (χ3v) is 7.78. The van der Waals surface area contributed by atoms with Gasteiger partial charge in [-0.1, -0.05) is 76.6 Å². The van der Waals surface area contributed by atoms with Gasteiger partial charge in [0.05, 0.1) is 11.9 Å². The standard InChI is InChI=1S/C30H36BrN3O4S/c1-22-12-9-10-15-24(22)20-33(27(29(36)32-30(2,3)4)18-23-13-7-6-8-14-23)28(35)21-34(39(5,37)38)26-17-11-16-25(31)19-26/h6-17,19,27H,18,20-21H2,1-5H3,(H,32,36)/t27-/m0/s1. The molecule has 0 fully saturated rings. The molecular formula is C30H36BrN3O4S. The van der Waals surface area contributed by atoms with Crippen molar-refractivity contribution in [2.75, 3.05) is 17.1 Å². The highest BCUT2D eigenvalue weighted by atomic mass is 79.9.